The van der Waals surface area contributed by atoms with Crippen LogP contribution in [0.3, 0.4) is 0 Å². The first kappa shape index (κ1) is 15.6. The van der Waals surface area contributed by atoms with Crippen molar-refractivity contribution in [3.8, 4) is 5.88 Å². The van der Waals surface area contributed by atoms with E-state index in [4.69, 9.17) is 4.74 Å². The van der Waals surface area contributed by atoms with Crippen LogP contribution < -0.4 is 4.74 Å². The zero-order valence-electron chi connectivity index (χ0n) is 13.9. The molecule has 2 aromatic heterocycles. The molecule has 1 aliphatic rings. The molecule has 25 heavy (non-hydrogen) atoms. The molecule has 1 aromatic carbocycles. The number of aromatic amines is 1. The van der Waals surface area contributed by atoms with E-state index in [2.05, 4.69) is 15.2 Å². The molecule has 1 amide bonds. The Balaban J connectivity index is 1.41. The molecule has 0 bridgehead atoms. The van der Waals surface area contributed by atoms with Gasteiger partial charge in [0, 0.05) is 35.9 Å². The standard InChI is InChI=1S/C19H20N4O2/c24-19(11-14-12-20-17-7-2-1-6-16(14)17)23-10-4-5-15(13-23)25-18-8-3-9-21-22-18/h1-3,6-9,12,15,20H,4-5,10-11,13H2. The Kier molecular flexibility index (Phi) is 4.33. The molecule has 1 saturated heterocycles. The Hall–Kier alpha value is -2.89. The number of likely N-dealkylation sites (tertiary alicyclic amines) is 1. The van der Waals surface area contributed by atoms with Gasteiger partial charge in [-0.3, -0.25) is 4.79 Å². The van der Waals surface area contributed by atoms with Crippen molar-refractivity contribution in [1.82, 2.24) is 20.1 Å². The number of aromatic nitrogens is 3. The summed E-state index contributed by atoms with van der Waals surface area (Å²) in [6, 6.07) is 11.6. The van der Waals surface area contributed by atoms with E-state index in [1.54, 1.807) is 18.3 Å². The van der Waals surface area contributed by atoms with Crippen molar-refractivity contribution in [3.63, 3.8) is 0 Å². The maximum atomic E-state index is 12.7. The second kappa shape index (κ2) is 6.93. The summed E-state index contributed by atoms with van der Waals surface area (Å²) in [5, 5.41) is 8.89. The van der Waals surface area contributed by atoms with Gasteiger partial charge in [0.15, 0.2) is 0 Å². The molecule has 0 radical (unpaired) electrons. The third-order valence-corrected chi connectivity index (χ3v) is 4.58. The molecule has 3 heterocycles. The maximum Gasteiger partial charge on any atom is 0.233 e. The van der Waals surface area contributed by atoms with Crippen LogP contribution in [0, 0.1) is 0 Å². The van der Waals surface area contributed by atoms with Gasteiger partial charge in [-0.15, -0.1) is 5.10 Å². The lowest BCUT2D eigenvalue weighted by Crippen LogP contribution is -2.45. The number of piperidine rings is 1. The third kappa shape index (κ3) is 3.47. The molecule has 1 unspecified atom stereocenters. The van der Waals surface area contributed by atoms with Gasteiger partial charge in [0.1, 0.15) is 6.10 Å². The van der Waals surface area contributed by atoms with E-state index >= 15 is 0 Å². The van der Waals surface area contributed by atoms with Gasteiger partial charge < -0.3 is 14.6 Å². The normalized spacial score (nSPS) is 17.6. The van der Waals surface area contributed by atoms with E-state index in [-0.39, 0.29) is 12.0 Å². The van der Waals surface area contributed by atoms with Gasteiger partial charge in [-0.05, 0) is 30.5 Å². The van der Waals surface area contributed by atoms with Crippen molar-refractivity contribution in [2.45, 2.75) is 25.4 Å². The lowest BCUT2D eigenvalue weighted by Gasteiger charge is -2.32. The van der Waals surface area contributed by atoms with E-state index < -0.39 is 0 Å². The molecule has 0 spiro atoms. The number of carbonyl (C=O) groups excluding carboxylic acids is 1. The van der Waals surface area contributed by atoms with Crippen LogP contribution in [-0.4, -0.2) is 45.2 Å². The largest absolute Gasteiger partial charge is 0.471 e. The van der Waals surface area contributed by atoms with Gasteiger partial charge in [-0.25, -0.2) is 0 Å². The Bertz CT molecular complexity index is 862. The Morgan fingerprint density at radius 1 is 1.28 bits per heavy atom. The smallest absolute Gasteiger partial charge is 0.233 e. The van der Waals surface area contributed by atoms with Gasteiger partial charge in [-0.2, -0.15) is 5.10 Å². The van der Waals surface area contributed by atoms with E-state index in [0.29, 0.717) is 18.8 Å². The monoisotopic (exact) mass is 336 g/mol. The zero-order chi connectivity index (χ0) is 17.1. The molecule has 1 atom stereocenters. The molecule has 1 aliphatic heterocycles. The highest BCUT2D eigenvalue weighted by Crippen LogP contribution is 2.21. The number of rotatable bonds is 4. The minimum absolute atomic E-state index is 0.0302. The summed E-state index contributed by atoms with van der Waals surface area (Å²) in [5.74, 6) is 0.649. The summed E-state index contributed by atoms with van der Waals surface area (Å²) in [5.41, 5.74) is 2.10. The lowest BCUT2D eigenvalue weighted by atomic mass is 10.1. The number of para-hydroxylation sites is 1. The molecule has 0 aliphatic carbocycles. The van der Waals surface area contributed by atoms with E-state index in [1.807, 2.05) is 35.4 Å². The van der Waals surface area contributed by atoms with Crippen LogP contribution in [0.15, 0.2) is 48.8 Å². The predicted molar refractivity (Wildman–Crippen MR) is 94.3 cm³/mol. The average Bonchev–Trinajstić information content (AvgIpc) is 3.06. The van der Waals surface area contributed by atoms with Crippen molar-refractivity contribution in [3.05, 3.63) is 54.4 Å². The fraction of sp³-hybridized carbons (Fsp3) is 0.316. The maximum absolute atomic E-state index is 12.7. The van der Waals surface area contributed by atoms with Crippen molar-refractivity contribution in [2.24, 2.45) is 0 Å². The quantitative estimate of drug-likeness (QED) is 0.795. The van der Waals surface area contributed by atoms with Crippen LogP contribution in [0.1, 0.15) is 18.4 Å². The van der Waals surface area contributed by atoms with E-state index in [9.17, 15) is 4.79 Å². The van der Waals surface area contributed by atoms with E-state index in [0.717, 1.165) is 35.9 Å². The predicted octanol–water partition coefficient (Wildman–Crippen LogP) is 2.57. The number of amides is 1. The molecule has 3 aromatic rings. The second-order valence-corrected chi connectivity index (χ2v) is 6.32. The molecular formula is C19H20N4O2. The first-order valence-corrected chi connectivity index (χ1v) is 8.57. The zero-order valence-corrected chi connectivity index (χ0v) is 13.9. The Labute approximate surface area is 145 Å². The lowest BCUT2D eigenvalue weighted by molar-refractivity contribution is -0.133. The number of nitrogens with one attached hydrogen (secondary N) is 1. The Morgan fingerprint density at radius 3 is 3.08 bits per heavy atom. The van der Waals surface area contributed by atoms with Crippen molar-refractivity contribution in [1.29, 1.82) is 0 Å². The number of ether oxygens (including phenoxy) is 1. The summed E-state index contributed by atoms with van der Waals surface area (Å²) in [7, 11) is 0. The van der Waals surface area contributed by atoms with Crippen LogP contribution >= 0.6 is 0 Å². The summed E-state index contributed by atoms with van der Waals surface area (Å²) in [6.45, 7) is 1.37. The minimum Gasteiger partial charge on any atom is -0.471 e. The SMILES string of the molecule is O=C(Cc1c[nH]c2ccccc12)N1CCCC(Oc2cccnn2)C1. The molecule has 1 fully saturated rings. The number of nitrogens with zero attached hydrogens (tertiary/aromatic N) is 3. The topological polar surface area (TPSA) is 71.1 Å². The van der Waals surface area contributed by atoms with Crippen LogP contribution in [0.2, 0.25) is 0 Å². The number of hydrogen-bond acceptors (Lipinski definition) is 4. The van der Waals surface area contributed by atoms with E-state index in [1.165, 1.54) is 0 Å². The third-order valence-electron chi connectivity index (χ3n) is 4.58. The van der Waals surface area contributed by atoms with Crippen LogP contribution in [0.5, 0.6) is 5.88 Å². The van der Waals surface area contributed by atoms with Gasteiger partial charge in [0.05, 0.1) is 13.0 Å². The highest BCUT2D eigenvalue weighted by Gasteiger charge is 2.25. The molecular weight excluding hydrogens is 316 g/mol. The average molecular weight is 336 g/mol. The summed E-state index contributed by atoms with van der Waals surface area (Å²) in [4.78, 5) is 17.9. The number of fused-ring (bicyclic) bond motifs is 1. The second-order valence-electron chi connectivity index (χ2n) is 6.32. The van der Waals surface area contributed by atoms with Crippen LogP contribution in [0.4, 0.5) is 0 Å². The highest BCUT2D eigenvalue weighted by molar-refractivity contribution is 5.88. The van der Waals surface area contributed by atoms with Gasteiger partial charge in [0.25, 0.3) is 0 Å². The number of H-pyrrole nitrogens is 1. The fourth-order valence-electron chi connectivity index (χ4n) is 3.33. The van der Waals surface area contributed by atoms with Gasteiger partial charge in [-0.1, -0.05) is 18.2 Å². The minimum atomic E-state index is -0.0302. The molecule has 128 valence electrons. The molecule has 6 nitrogen and oxygen atoms in total. The molecule has 0 saturated carbocycles. The number of carbonyl (C=O) groups is 1. The highest BCUT2D eigenvalue weighted by atomic mass is 16.5. The molecule has 6 heteroatoms. The van der Waals surface area contributed by atoms with Crippen molar-refractivity contribution >= 4 is 16.8 Å². The van der Waals surface area contributed by atoms with Crippen molar-refractivity contribution in [2.75, 3.05) is 13.1 Å². The van der Waals surface area contributed by atoms with Gasteiger partial charge in [0.2, 0.25) is 11.8 Å². The molecule has 1 N–H and O–H groups in total. The first-order valence-electron chi connectivity index (χ1n) is 8.57. The summed E-state index contributed by atoms with van der Waals surface area (Å²) in [6.07, 6.45) is 5.78. The number of benzene rings is 1. The first-order chi connectivity index (χ1) is 12.3. The van der Waals surface area contributed by atoms with Crippen LogP contribution in [-0.2, 0) is 11.2 Å². The fourth-order valence-corrected chi connectivity index (χ4v) is 3.33. The summed E-state index contributed by atoms with van der Waals surface area (Å²) < 4.78 is 5.87. The van der Waals surface area contributed by atoms with Crippen LogP contribution in [0.25, 0.3) is 10.9 Å². The molecule has 4 rings (SSSR count). The Morgan fingerprint density at radius 2 is 2.20 bits per heavy atom. The number of hydrogen-bond donors (Lipinski definition) is 1. The van der Waals surface area contributed by atoms with Crippen molar-refractivity contribution < 1.29 is 9.53 Å². The summed E-state index contributed by atoms with van der Waals surface area (Å²) >= 11 is 0. The van der Waals surface area contributed by atoms with Gasteiger partial charge >= 0.3 is 0 Å².